The number of rotatable bonds is 10. The summed E-state index contributed by atoms with van der Waals surface area (Å²) in [4.78, 5) is 31.9. The number of thiophene rings is 1. The van der Waals surface area contributed by atoms with E-state index >= 15 is 0 Å². The van der Waals surface area contributed by atoms with Gasteiger partial charge in [-0.2, -0.15) is 0 Å². The number of carbonyl (C=O) groups is 2. The summed E-state index contributed by atoms with van der Waals surface area (Å²) in [5.41, 5.74) is 1.60. The Kier molecular flexibility index (Phi) is 8.91. The van der Waals surface area contributed by atoms with Gasteiger partial charge in [-0.05, 0) is 41.8 Å². The van der Waals surface area contributed by atoms with Crippen molar-refractivity contribution in [3.63, 3.8) is 0 Å². The molecule has 0 aliphatic carbocycles. The Morgan fingerprint density at radius 1 is 0.973 bits per heavy atom. The monoisotopic (exact) mass is 525 g/mol. The summed E-state index contributed by atoms with van der Waals surface area (Å²) in [6, 6.07) is 13.1. The predicted molar refractivity (Wildman–Crippen MR) is 141 cm³/mol. The largest absolute Gasteiger partial charge is 0.493 e. The minimum atomic E-state index is -0.149. The van der Waals surface area contributed by atoms with Gasteiger partial charge in [0.05, 0.1) is 31.4 Å². The first kappa shape index (κ1) is 26.4. The predicted octanol–water partition coefficient (Wildman–Crippen LogP) is 2.66. The van der Waals surface area contributed by atoms with Crippen molar-refractivity contribution in [2.24, 2.45) is 0 Å². The third kappa shape index (κ3) is 6.36. The van der Waals surface area contributed by atoms with Crippen LogP contribution in [0.25, 0.3) is 11.3 Å². The second kappa shape index (κ2) is 12.5. The van der Waals surface area contributed by atoms with Crippen LogP contribution in [0.5, 0.6) is 11.5 Å². The van der Waals surface area contributed by atoms with E-state index in [0.29, 0.717) is 55.7 Å². The molecule has 3 heterocycles. The Morgan fingerprint density at radius 2 is 1.76 bits per heavy atom. The molecular formula is C26H31N5O5S. The van der Waals surface area contributed by atoms with Gasteiger partial charge >= 0.3 is 0 Å². The molecule has 1 aliphatic heterocycles. The molecule has 1 aromatic carbocycles. The summed E-state index contributed by atoms with van der Waals surface area (Å²) in [6.07, 6.45) is 0. The van der Waals surface area contributed by atoms with Gasteiger partial charge in [0.2, 0.25) is 5.91 Å². The fraction of sp³-hybridized carbons (Fsp3) is 0.385. The number of amides is 2. The molecule has 0 atom stereocenters. The van der Waals surface area contributed by atoms with Gasteiger partial charge < -0.3 is 28.9 Å². The number of nitrogens with zero attached hydrogens (tertiary/aromatic N) is 5. The third-order valence-corrected chi connectivity index (χ3v) is 7.05. The van der Waals surface area contributed by atoms with Crippen molar-refractivity contribution in [2.45, 2.75) is 0 Å². The van der Waals surface area contributed by atoms with Gasteiger partial charge in [0.15, 0.2) is 17.3 Å². The zero-order valence-corrected chi connectivity index (χ0v) is 22.1. The smallest absolute Gasteiger partial charge is 0.264 e. The topological polar surface area (TPSA) is 97.3 Å². The van der Waals surface area contributed by atoms with E-state index in [1.54, 1.807) is 37.2 Å². The van der Waals surface area contributed by atoms with Crippen LogP contribution in [0.15, 0.2) is 47.8 Å². The standard InChI is InChI=1S/C26H31N5O5S/c1-34-15-14-31(26(33)23-5-4-16-37-23)18-25(32)30-12-10-29(11-13-30)24-9-7-20(27-28-24)19-6-8-21(35-2)22(17-19)36-3/h4-9,16-17H,10-15,18H2,1-3H3. The van der Waals surface area contributed by atoms with Gasteiger partial charge in [-0.15, -0.1) is 21.5 Å². The quantitative estimate of drug-likeness (QED) is 0.399. The molecule has 37 heavy (non-hydrogen) atoms. The van der Waals surface area contributed by atoms with Crippen LogP contribution in [0.2, 0.25) is 0 Å². The number of hydrogen-bond donors (Lipinski definition) is 0. The van der Waals surface area contributed by atoms with Crippen LogP contribution in [-0.2, 0) is 9.53 Å². The molecule has 2 amide bonds. The zero-order chi connectivity index (χ0) is 26.2. The van der Waals surface area contributed by atoms with Gasteiger partial charge in [0.1, 0.15) is 6.54 Å². The first-order valence-corrected chi connectivity index (χ1v) is 12.8. The molecule has 10 nitrogen and oxygen atoms in total. The molecule has 0 bridgehead atoms. The first-order valence-electron chi connectivity index (χ1n) is 11.9. The molecule has 11 heteroatoms. The molecule has 1 aliphatic rings. The average Bonchev–Trinajstić information content (AvgIpc) is 3.50. The summed E-state index contributed by atoms with van der Waals surface area (Å²) in [7, 11) is 4.78. The second-order valence-electron chi connectivity index (χ2n) is 8.41. The van der Waals surface area contributed by atoms with Crippen molar-refractivity contribution in [1.82, 2.24) is 20.0 Å². The number of ether oxygens (including phenoxy) is 3. The summed E-state index contributed by atoms with van der Waals surface area (Å²) < 4.78 is 15.8. The lowest BCUT2D eigenvalue weighted by Gasteiger charge is -2.36. The average molecular weight is 526 g/mol. The SMILES string of the molecule is COCCN(CC(=O)N1CCN(c2ccc(-c3ccc(OC)c(OC)c3)nn2)CC1)C(=O)c1cccs1. The molecule has 1 fully saturated rings. The van der Waals surface area contributed by atoms with Crippen LogP contribution >= 0.6 is 11.3 Å². The Labute approximate surface area is 220 Å². The summed E-state index contributed by atoms with van der Waals surface area (Å²) in [5, 5.41) is 10.7. The highest BCUT2D eigenvalue weighted by Gasteiger charge is 2.26. The number of methoxy groups -OCH3 is 3. The fourth-order valence-corrected chi connectivity index (χ4v) is 4.79. The maximum absolute atomic E-state index is 13.0. The Balaban J connectivity index is 1.34. The lowest BCUT2D eigenvalue weighted by Crippen LogP contribution is -2.52. The van der Waals surface area contributed by atoms with Crippen molar-refractivity contribution in [3.05, 3.63) is 52.7 Å². The van der Waals surface area contributed by atoms with Crippen molar-refractivity contribution in [1.29, 1.82) is 0 Å². The molecule has 196 valence electrons. The van der Waals surface area contributed by atoms with Crippen molar-refractivity contribution in [3.8, 4) is 22.8 Å². The number of aromatic nitrogens is 2. The number of carbonyl (C=O) groups excluding carboxylic acids is 2. The number of anilines is 1. The molecule has 0 saturated carbocycles. The molecule has 0 radical (unpaired) electrons. The normalized spacial score (nSPS) is 13.4. The zero-order valence-electron chi connectivity index (χ0n) is 21.3. The van der Waals surface area contributed by atoms with Crippen LogP contribution in [0.4, 0.5) is 5.82 Å². The van der Waals surface area contributed by atoms with E-state index in [9.17, 15) is 9.59 Å². The molecule has 4 rings (SSSR count). The highest BCUT2D eigenvalue weighted by molar-refractivity contribution is 7.12. The maximum Gasteiger partial charge on any atom is 0.264 e. The third-order valence-electron chi connectivity index (χ3n) is 6.20. The Bertz CT molecular complexity index is 1180. The lowest BCUT2D eigenvalue weighted by atomic mass is 10.1. The van der Waals surface area contributed by atoms with Crippen LogP contribution in [-0.4, -0.2) is 99.0 Å². The lowest BCUT2D eigenvalue weighted by molar-refractivity contribution is -0.132. The number of benzene rings is 1. The van der Waals surface area contributed by atoms with Gasteiger partial charge in [-0.25, -0.2) is 0 Å². The summed E-state index contributed by atoms with van der Waals surface area (Å²) in [6.45, 7) is 3.11. The van der Waals surface area contributed by atoms with Gasteiger partial charge in [-0.3, -0.25) is 9.59 Å². The Morgan fingerprint density at radius 3 is 2.38 bits per heavy atom. The number of hydrogen-bond acceptors (Lipinski definition) is 9. The van der Waals surface area contributed by atoms with Crippen LogP contribution < -0.4 is 14.4 Å². The van der Waals surface area contributed by atoms with E-state index in [4.69, 9.17) is 14.2 Å². The van der Waals surface area contributed by atoms with E-state index in [1.165, 1.54) is 11.3 Å². The summed E-state index contributed by atoms with van der Waals surface area (Å²) >= 11 is 1.37. The second-order valence-corrected chi connectivity index (χ2v) is 9.36. The molecule has 1 saturated heterocycles. The summed E-state index contributed by atoms with van der Waals surface area (Å²) in [5.74, 6) is 1.82. The molecular weight excluding hydrogens is 494 g/mol. The van der Waals surface area contributed by atoms with E-state index in [-0.39, 0.29) is 18.4 Å². The number of piperazine rings is 1. The molecule has 2 aromatic heterocycles. The van der Waals surface area contributed by atoms with Gasteiger partial charge in [0, 0.05) is 45.4 Å². The van der Waals surface area contributed by atoms with Crippen LogP contribution in [0.1, 0.15) is 9.67 Å². The van der Waals surface area contributed by atoms with E-state index in [0.717, 1.165) is 17.1 Å². The van der Waals surface area contributed by atoms with Crippen molar-refractivity contribution in [2.75, 3.05) is 72.1 Å². The van der Waals surface area contributed by atoms with Crippen LogP contribution in [0.3, 0.4) is 0 Å². The first-order chi connectivity index (χ1) is 18.0. The van der Waals surface area contributed by atoms with Crippen molar-refractivity contribution < 1.29 is 23.8 Å². The Hall–Kier alpha value is -3.70. The minimum Gasteiger partial charge on any atom is -0.493 e. The fourth-order valence-electron chi connectivity index (χ4n) is 4.10. The highest BCUT2D eigenvalue weighted by atomic mass is 32.1. The molecule has 3 aromatic rings. The minimum absolute atomic E-state index is 0.0277. The maximum atomic E-state index is 13.0. The van der Waals surface area contributed by atoms with Gasteiger partial charge in [-0.1, -0.05) is 6.07 Å². The highest BCUT2D eigenvalue weighted by Crippen LogP contribution is 2.31. The molecule has 0 spiro atoms. The van der Waals surface area contributed by atoms with E-state index in [2.05, 4.69) is 15.1 Å². The van der Waals surface area contributed by atoms with E-state index in [1.807, 2.05) is 41.8 Å². The molecule has 0 N–H and O–H groups in total. The van der Waals surface area contributed by atoms with E-state index < -0.39 is 0 Å². The van der Waals surface area contributed by atoms with Crippen LogP contribution in [0, 0.1) is 0 Å². The molecule has 0 unspecified atom stereocenters. The van der Waals surface area contributed by atoms with Gasteiger partial charge in [0.25, 0.3) is 5.91 Å². The van der Waals surface area contributed by atoms with Crippen molar-refractivity contribution >= 4 is 29.0 Å².